The van der Waals surface area contributed by atoms with Crippen LogP contribution in [0.15, 0.2) is 18.2 Å². The van der Waals surface area contributed by atoms with Gasteiger partial charge in [0.25, 0.3) is 0 Å². The highest BCUT2D eigenvalue weighted by molar-refractivity contribution is 5.36. The summed E-state index contributed by atoms with van der Waals surface area (Å²) in [6.45, 7) is 5.17. The van der Waals surface area contributed by atoms with Gasteiger partial charge in [0.15, 0.2) is 0 Å². The number of hydrogen-bond donors (Lipinski definition) is 1. The van der Waals surface area contributed by atoms with Crippen LogP contribution in [0.5, 0.6) is 5.75 Å². The van der Waals surface area contributed by atoms with E-state index in [4.69, 9.17) is 9.84 Å². The van der Waals surface area contributed by atoms with Crippen LogP contribution in [0.4, 0.5) is 0 Å². The zero-order valence-corrected chi connectivity index (χ0v) is 9.62. The van der Waals surface area contributed by atoms with Crippen LogP contribution < -0.4 is 4.74 Å². The highest BCUT2D eigenvalue weighted by Gasteiger charge is 2.01. The number of aliphatic hydroxyl groups is 1. The van der Waals surface area contributed by atoms with Crippen molar-refractivity contribution in [2.45, 2.75) is 33.1 Å². The first-order valence-corrected chi connectivity index (χ1v) is 5.61. The summed E-state index contributed by atoms with van der Waals surface area (Å²) in [6, 6.07) is 6.12. The van der Waals surface area contributed by atoms with E-state index in [9.17, 15) is 0 Å². The Kier molecular flexibility index (Phi) is 5.19. The van der Waals surface area contributed by atoms with Gasteiger partial charge in [0.2, 0.25) is 0 Å². The molecule has 0 aromatic heterocycles. The smallest absolute Gasteiger partial charge is 0.122 e. The molecule has 0 heterocycles. The minimum Gasteiger partial charge on any atom is -0.493 e. The van der Waals surface area contributed by atoms with Crippen LogP contribution in [0, 0.1) is 6.92 Å². The van der Waals surface area contributed by atoms with E-state index in [1.165, 1.54) is 0 Å². The minimum absolute atomic E-state index is 0.192. The third-order valence-electron chi connectivity index (χ3n) is 2.41. The molecule has 2 heteroatoms. The lowest BCUT2D eigenvalue weighted by atomic mass is 10.1. The van der Waals surface area contributed by atoms with Crippen LogP contribution in [-0.2, 0) is 6.42 Å². The van der Waals surface area contributed by atoms with Crippen molar-refractivity contribution in [3.63, 3.8) is 0 Å². The maximum atomic E-state index is 8.85. The van der Waals surface area contributed by atoms with E-state index >= 15 is 0 Å². The molecule has 0 bridgehead atoms. The molecule has 84 valence electrons. The molecule has 1 rings (SSSR count). The van der Waals surface area contributed by atoms with Gasteiger partial charge in [0.1, 0.15) is 5.75 Å². The van der Waals surface area contributed by atoms with Crippen LogP contribution in [0.1, 0.15) is 30.9 Å². The Morgan fingerprint density at radius 3 is 2.80 bits per heavy atom. The number of rotatable bonds is 6. The van der Waals surface area contributed by atoms with Gasteiger partial charge >= 0.3 is 0 Å². The molecule has 0 aliphatic carbocycles. The van der Waals surface area contributed by atoms with Gasteiger partial charge < -0.3 is 9.84 Å². The fourth-order valence-electron chi connectivity index (χ4n) is 1.41. The molecule has 1 N–H and O–H groups in total. The number of aliphatic hydroxyl groups excluding tert-OH is 1. The maximum absolute atomic E-state index is 8.85. The maximum Gasteiger partial charge on any atom is 0.122 e. The molecule has 15 heavy (non-hydrogen) atoms. The topological polar surface area (TPSA) is 29.5 Å². The van der Waals surface area contributed by atoms with Crippen LogP contribution in [-0.4, -0.2) is 18.3 Å². The highest BCUT2D eigenvalue weighted by atomic mass is 16.5. The van der Waals surface area contributed by atoms with E-state index < -0.39 is 0 Å². The lowest BCUT2D eigenvalue weighted by Crippen LogP contribution is -1.99. The second kappa shape index (κ2) is 6.46. The fourth-order valence-corrected chi connectivity index (χ4v) is 1.41. The quantitative estimate of drug-likeness (QED) is 0.728. The van der Waals surface area contributed by atoms with Crippen molar-refractivity contribution in [2.75, 3.05) is 13.2 Å². The third kappa shape index (κ3) is 3.92. The summed E-state index contributed by atoms with van der Waals surface area (Å²) in [5.41, 5.74) is 2.29. The van der Waals surface area contributed by atoms with Gasteiger partial charge in [-0.15, -0.1) is 0 Å². The second-order valence-corrected chi connectivity index (χ2v) is 3.78. The predicted octanol–water partition coefficient (Wildman–Crippen LogP) is 2.71. The van der Waals surface area contributed by atoms with Crippen LogP contribution >= 0.6 is 0 Å². The second-order valence-electron chi connectivity index (χ2n) is 3.78. The molecule has 0 amide bonds. The Hall–Kier alpha value is -1.02. The van der Waals surface area contributed by atoms with E-state index in [1.54, 1.807) is 0 Å². The summed E-state index contributed by atoms with van der Waals surface area (Å²) >= 11 is 0. The molecule has 0 unspecified atom stereocenters. The Morgan fingerprint density at radius 1 is 1.33 bits per heavy atom. The van der Waals surface area contributed by atoms with E-state index in [0.717, 1.165) is 36.3 Å². The van der Waals surface area contributed by atoms with Crippen molar-refractivity contribution in [3.8, 4) is 5.75 Å². The Bertz CT molecular complexity index is 295. The average molecular weight is 208 g/mol. The highest BCUT2D eigenvalue weighted by Crippen LogP contribution is 2.20. The molecule has 0 atom stereocenters. The lowest BCUT2D eigenvalue weighted by molar-refractivity contribution is 0.297. The van der Waals surface area contributed by atoms with Crippen LogP contribution in [0.25, 0.3) is 0 Å². The van der Waals surface area contributed by atoms with E-state index in [0.29, 0.717) is 6.42 Å². The van der Waals surface area contributed by atoms with E-state index in [-0.39, 0.29) is 6.61 Å². The molecule has 0 spiro atoms. The zero-order valence-electron chi connectivity index (χ0n) is 9.62. The first-order chi connectivity index (χ1) is 7.27. The van der Waals surface area contributed by atoms with Crippen molar-refractivity contribution >= 4 is 0 Å². The monoisotopic (exact) mass is 208 g/mol. The lowest BCUT2D eigenvalue weighted by Gasteiger charge is -2.10. The number of hydrogen-bond acceptors (Lipinski definition) is 2. The normalized spacial score (nSPS) is 10.3. The molecule has 0 fully saturated rings. The molecule has 1 aromatic carbocycles. The summed E-state index contributed by atoms with van der Waals surface area (Å²) in [5.74, 6) is 0.953. The van der Waals surface area contributed by atoms with E-state index in [1.807, 2.05) is 25.1 Å². The van der Waals surface area contributed by atoms with Crippen molar-refractivity contribution < 1.29 is 9.84 Å². The van der Waals surface area contributed by atoms with Crippen LogP contribution in [0.3, 0.4) is 0 Å². The van der Waals surface area contributed by atoms with Crippen molar-refractivity contribution in [1.82, 2.24) is 0 Å². The number of benzene rings is 1. The number of ether oxygens (including phenoxy) is 1. The Labute approximate surface area is 91.9 Å². The van der Waals surface area contributed by atoms with Gasteiger partial charge in [-0.05, 0) is 37.0 Å². The standard InChI is InChI=1S/C13H20O2/c1-3-4-9-15-13-10-12(7-8-14)6-5-11(13)2/h5-6,10,14H,3-4,7-9H2,1-2H3. The first-order valence-electron chi connectivity index (χ1n) is 5.61. The van der Waals surface area contributed by atoms with Gasteiger partial charge in [-0.2, -0.15) is 0 Å². The zero-order chi connectivity index (χ0) is 11.1. The minimum atomic E-state index is 0.192. The summed E-state index contributed by atoms with van der Waals surface area (Å²) in [7, 11) is 0. The molecular weight excluding hydrogens is 188 g/mol. The molecule has 0 aliphatic rings. The average Bonchev–Trinajstić information content (AvgIpc) is 2.23. The molecular formula is C13H20O2. The molecule has 2 nitrogen and oxygen atoms in total. The third-order valence-corrected chi connectivity index (χ3v) is 2.41. The molecule has 0 radical (unpaired) electrons. The van der Waals surface area contributed by atoms with E-state index in [2.05, 4.69) is 6.92 Å². The van der Waals surface area contributed by atoms with Crippen molar-refractivity contribution in [1.29, 1.82) is 0 Å². The summed E-state index contributed by atoms with van der Waals surface area (Å²) in [4.78, 5) is 0. The van der Waals surface area contributed by atoms with Crippen molar-refractivity contribution in [3.05, 3.63) is 29.3 Å². The number of aryl methyl sites for hydroxylation is 1. The molecule has 0 aliphatic heterocycles. The Morgan fingerprint density at radius 2 is 2.13 bits per heavy atom. The Balaban J connectivity index is 2.63. The molecule has 0 saturated heterocycles. The SMILES string of the molecule is CCCCOc1cc(CCO)ccc1C. The summed E-state index contributed by atoms with van der Waals surface area (Å²) in [6.07, 6.45) is 2.93. The van der Waals surface area contributed by atoms with Crippen molar-refractivity contribution in [2.24, 2.45) is 0 Å². The first kappa shape index (κ1) is 12.1. The van der Waals surface area contributed by atoms with Crippen LogP contribution in [0.2, 0.25) is 0 Å². The van der Waals surface area contributed by atoms with Gasteiger partial charge in [-0.25, -0.2) is 0 Å². The fraction of sp³-hybridized carbons (Fsp3) is 0.538. The van der Waals surface area contributed by atoms with Gasteiger partial charge in [0.05, 0.1) is 6.61 Å². The number of unbranched alkanes of at least 4 members (excludes halogenated alkanes) is 1. The molecule has 0 saturated carbocycles. The summed E-state index contributed by atoms with van der Waals surface area (Å²) in [5, 5.41) is 8.85. The summed E-state index contributed by atoms with van der Waals surface area (Å²) < 4.78 is 5.68. The largest absolute Gasteiger partial charge is 0.493 e. The predicted molar refractivity (Wildman–Crippen MR) is 62.4 cm³/mol. The van der Waals surface area contributed by atoms with Gasteiger partial charge in [-0.1, -0.05) is 25.5 Å². The van der Waals surface area contributed by atoms with Gasteiger partial charge in [-0.3, -0.25) is 0 Å². The molecule has 1 aromatic rings. The van der Waals surface area contributed by atoms with Gasteiger partial charge in [0, 0.05) is 6.61 Å².